The van der Waals surface area contributed by atoms with Gasteiger partial charge in [0.1, 0.15) is 11.5 Å². The van der Waals surface area contributed by atoms with Crippen LogP contribution in [0.1, 0.15) is 34.7 Å². The van der Waals surface area contributed by atoms with Gasteiger partial charge < -0.3 is 25.1 Å². The number of hydrogen-bond donors (Lipinski definition) is 3. The van der Waals surface area contributed by atoms with Gasteiger partial charge in [0.2, 0.25) is 0 Å². The van der Waals surface area contributed by atoms with Crippen LogP contribution in [0.5, 0.6) is 0 Å². The van der Waals surface area contributed by atoms with Gasteiger partial charge >= 0.3 is 6.03 Å². The Morgan fingerprint density at radius 1 is 1.12 bits per heavy atom. The molecular formula is C19H23N3O4. The quantitative estimate of drug-likeness (QED) is 0.764. The predicted octanol–water partition coefficient (Wildman–Crippen LogP) is 3.45. The zero-order chi connectivity index (χ0) is 18.5. The lowest BCUT2D eigenvalue weighted by Crippen LogP contribution is -2.35. The van der Waals surface area contributed by atoms with Crippen LogP contribution in [0.15, 0.2) is 34.7 Å². The molecule has 26 heavy (non-hydrogen) atoms. The summed E-state index contributed by atoms with van der Waals surface area (Å²) in [6.45, 7) is 4.82. The molecule has 7 nitrogen and oxygen atoms in total. The van der Waals surface area contributed by atoms with Crippen LogP contribution in [0, 0.1) is 13.8 Å². The zero-order valence-electron chi connectivity index (χ0n) is 14.9. The van der Waals surface area contributed by atoms with Gasteiger partial charge in [0.05, 0.1) is 11.7 Å². The van der Waals surface area contributed by atoms with E-state index in [1.54, 1.807) is 44.2 Å². The first-order chi connectivity index (χ1) is 12.5. The molecule has 0 spiro atoms. The number of carbonyl (C=O) groups excluding carboxylic acids is 2. The number of ether oxygens (including phenoxy) is 1. The van der Waals surface area contributed by atoms with Crippen LogP contribution in [0.3, 0.4) is 0 Å². The first kappa shape index (κ1) is 18.0. The minimum Gasteiger partial charge on any atom is -0.466 e. The van der Waals surface area contributed by atoms with Gasteiger partial charge in [-0.15, -0.1) is 0 Å². The van der Waals surface area contributed by atoms with Gasteiger partial charge in [-0.2, -0.15) is 0 Å². The summed E-state index contributed by atoms with van der Waals surface area (Å²) in [7, 11) is 0. The molecule has 138 valence electrons. The van der Waals surface area contributed by atoms with Crippen LogP contribution in [0.4, 0.5) is 16.2 Å². The van der Waals surface area contributed by atoms with E-state index in [4.69, 9.17) is 9.15 Å². The molecule has 0 aliphatic carbocycles. The normalized spacial score (nSPS) is 16.3. The first-order valence-electron chi connectivity index (χ1n) is 8.66. The Kier molecular flexibility index (Phi) is 5.58. The van der Waals surface area contributed by atoms with Gasteiger partial charge in [0.15, 0.2) is 0 Å². The third-order valence-corrected chi connectivity index (χ3v) is 4.20. The highest BCUT2D eigenvalue weighted by Crippen LogP contribution is 2.18. The van der Waals surface area contributed by atoms with Crippen molar-refractivity contribution in [3.63, 3.8) is 0 Å². The number of urea groups is 1. The fourth-order valence-corrected chi connectivity index (χ4v) is 2.88. The molecule has 0 radical (unpaired) electrons. The Bertz CT molecular complexity index is 777. The summed E-state index contributed by atoms with van der Waals surface area (Å²) in [6.07, 6.45) is 2.12. The number of furan rings is 1. The van der Waals surface area contributed by atoms with Crippen molar-refractivity contribution in [1.82, 2.24) is 5.32 Å². The van der Waals surface area contributed by atoms with Crippen molar-refractivity contribution in [2.24, 2.45) is 0 Å². The maximum atomic E-state index is 12.3. The first-order valence-corrected chi connectivity index (χ1v) is 8.66. The number of benzene rings is 1. The largest absolute Gasteiger partial charge is 0.466 e. The standard InChI is InChI=1S/C19H23N3O4/c1-12-10-17(13(2)26-12)18(23)21-14-5-7-15(8-6-14)22-19(24)20-11-16-4-3-9-25-16/h5-8,10,16H,3-4,9,11H2,1-2H3,(H,21,23)(H2,20,22,24). The highest BCUT2D eigenvalue weighted by atomic mass is 16.5. The lowest BCUT2D eigenvalue weighted by molar-refractivity contribution is 0.102. The number of hydrogen-bond acceptors (Lipinski definition) is 4. The van der Waals surface area contributed by atoms with Crippen molar-refractivity contribution in [2.75, 3.05) is 23.8 Å². The lowest BCUT2D eigenvalue weighted by atomic mass is 10.2. The smallest absolute Gasteiger partial charge is 0.319 e. The summed E-state index contributed by atoms with van der Waals surface area (Å²) in [5.41, 5.74) is 1.79. The summed E-state index contributed by atoms with van der Waals surface area (Å²) in [5, 5.41) is 8.36. The van der Waals surface area contributed by atoms with Crippen molar-refractivity contribution in [1.29, 1.82) is 0 Å². The van der Waals surface area contributed by atoms with Crippen molar-refractivity contribution in [2.45, 2.75) is 32.8 Å². The molecule has 3 amide bonds. The van der Waals surface area contributed by atoms with E-state index >= 15 is 0 Å². The van der Waals surface area contributed by atoms with Crippen molar-refractivity contribution in [3.8, 4) is 0 Å². The van der Waals surface area contributed by atoms with E-state index in [9.17, 15) is 9.59 Å². The molecule has 7 heteroatoms. The minimum absolute atomic E-state index is 0.105. The SMILES string of the molecule is Cc1cc(C(=O)Nc2ccc(NC(=O)NCC3CCCO3)cc2)c(C)o1. The molecule has 1 aromatic carbocycles. The van der Waals surface area contributed by atoms with E-state index in [0.717, 1.165) is 19.4 Å². The van der Waals surface area contributed by atoms with Crippen molar-refractivity contribution < 1.29 is 18.7 Å². The molecule has 1 saturated heterocycles. The number of rotatable bonds is 5. The van der Waals surface area contributed by atoms with Gasteiger partial charge in [0.25, 0.3) is 5.91 Å². The van der Waals surface area contributed by atoms with Gasteiger partial charge in [-0.3, -0.25) is 4.79 Å². The molecule has 1 aliphatic heterocycles. The average molecular weight is 357 g/mol. The molecule has 0 saturated carbocycles. The van der Waals surface area contributed by atoms with Crippen molar-refractivity contribution >= 4 is 23.3 Å². The van der Waals surface area contributed by atoms with E-state index in [2.05, 4.69) is 16.0 Å². The molecule has 2 heterocycles. The molecular weight excluding hydrogens is 334 g/mol. The average Bonchev–Trinajstić information content (AvgIpc) is 3.24. The van der Waals surface area contributed by atoms with Gasteiger partial charge in [0, 0.05) is 24.5 Å². The highest BCUT2D eigenvalue weighted by molar-refractivity contribution is 6.05. The second-order valence-electron chi connectivity index (χ2n) is 6.33. The van der Waals surface area contributed by atoms with Gasteiger partial charge in [-0.05, 0) is 57.0 Å². The maximum absolute atomic E-state index is 12.3. The molecule has 2 aromatic rings. The molecule has 3 N–H and O–H groups in total. The summed E-state index contributed by atoms with van der Waals surface area (Å²) in [4.78, 5) is 24.2. The van der Waals surface area contributed by atoms with E-state index in [1.807, 2.05) is 0 Å². The summed E-state index contributed by atoms with van der Waals surface area (Å²) < 4.78 is 10.8. The Balaban J connectivity index is 1.50. The molecule has 1 fully saturated rings. The Morgan fingerprint density at radius 3 is 2.38 bits per heavy atom. The fourth-order valence-electron chi connectivity index (χ4n) is 2.88. The topological polar surface area (TPSA) is 92.6 Å². The van der Waals surface area contributed by atoms with Crippen LogP contribution in [-0.4, -0.2) is 31.2 Å². The second kappa shape index (κ2) is 8.05. The van der Waals surface area contributed by atoms with Gasteiger partial charge in [-0.1, -0.05) is 0 Å². The van der Waals surface area contributed by atoms with Crippen LogP contribution in [0.25, 0.3) is 0 Å². The molecule has 1 aromatic heterocycles. The van der Waals surface area contributed by atoms with E-state index in [-0.39, 0.29) is 18.0 Å². The number of amides is 3. The van der Waals surface area contributed by atoms with Crippen LogP contribution in [0.2, 0.25) is 0 Å². The third kappa shape index (κ3) is 4.64. The number of aryl methyl sites for hydroxylation is 2. The molecule has 1 aliphatic rings. The Hall–Kier alpha value is -2.80. The number of anilines is 2. The van der Waals surface area contributed by atoms with Crippen molar-refractivity contribution in [3.05, 3.63) is 47.4 Å². The van der Waals surface area contributed by atoms with Crippen LogP contribution in [-0.2, 0) is 4.74 Å². The zero-order valence-corrected chi connectivity index (χ0v) is 14.9. The fraction of sp³-hybridized carbons (Fsp3) is 0.368. The Morgan fingerprint density at radius 2 is 1.81 bits per heavy atom. The highest BCUT2D eigenvalue weighted by Gasteiger charge is 2.16. The molecule has 0 bridgehead atoms. The number of carbonyl (C=O) groups is 2. The summed E-state index contributed by atoms with van der Waals surface area (Å²) in [6, 6.07) is 8.36. The number of nitrogens with one attached hydrogen (secondary N) is 3. The maximum Gasteiger partial charge on any atom is 0.319 e. The van der Waals surface area contributed by atoms with E-state index < -0.39 is 0 Å². The third-order valence-electron chi connectivity index (χ3n) is 4.20. The lowest BCUT2D eigenvalue weighted by Gasteiger charge is -2.12. The molecule has 1 atom stereocenters. The monoisotopic (exact) mass is 357 g/mol. The predicted molar refractivity (Wildman–Crippen MR) is 98.6 cm³/mol. The summed E-state index contributed by atoms with van der Waals surface area (Å²) in [5.74, 6) is 1.05. The minimum atomic E-state index is -0.276. The van der Waals surface area contributed by atoms with Crippen LogP contribution < -0.4 is 16.0 Å². The van der Waals surface area contributed by atoms with Gasteiger partial charge in [-0.25, -0.2) is 4.79 Å². The molecule has 1 unspecified atom stereocenters. The van der Waals surface area contributed by atoms with E-state index in [1.165, 1.54) is 0 Å². The summed E-state index contributed by atoms with van der Waals surface area (Å²) >= 11 is 0. The van der Waals surface area contributed by atoms with Crippen LogP contribution >= 0.6 is 0 Å². The Labute approximate surface area is 152 Å². The second-order valence-corrected chi connectivity index (χ2v) is 6.33. The molecule has 3 rings (SSSR count). The van der Waals surface area contributed by atoms with E-state index in [0.29, 0.717) is 35.0 Å².